The number of halogens is 1. The van der Waals surface area contributed by atoms with Crippen LogP contribution in [0.5, 0.6) is 5.75 Å². The minimum Gasteiger partial charge on any atom is -0.490 e. The molecule has 1 aromatic carbocycles. The summed E-state index contributed by atoms with van der Waals surface area (Å²) in [5, 5.41) is 0. The molecule has 0 aromatic heterocycles. The Morgan fingerprint density at radius 1 is 1.24 bits per heavy atom. The number of benzene rings is 1. The second kappa shape index (κ2) is 6.64. The summed E-state index contributed by atoms with van der Waals surface area (Å²) in [5.41, 5.74) is 1.80. The van der Waals surface area contributed by atoms with Crippen LogP contribution in [0.1, 0.15) is 49.7 Å². The SMILES string of the molecule is Cc1c(C/C=C/C2CCC2)ccc(OCCC2CC2)c1F. The molecule has 0 aliphatic heterocycles. The molecule has 2 fully saturated rings. The Labute approximate surface area is 127 Å². The standard InChI is InChI=1S/C19H25FO/c1-14-17(7-3-6-15-4-2-5-15)10-11-18(19(14)20)21-13-12-16-8-9-16/h3,6,10-11,15-16H,2,4-5,7-9,12-13H2,1H3/b6-3+. The summed E-state index contributed by atoms with van der Waals surface area (Å²) in [5.74, 6) is 1.82. The molecule has 0 bridgehead atoms. The van der Waals surface area contributed by atoms with E-state index in [1.807, 2.05) is 13.0 Å². The van der Waals surface area contributed by atoms with Crippen LogP contribution >= 0.6 is 0 Å². The number of allylic oxidation sites excluding steroid dienone is 2. The van der Waals surface area contributed by atoms with Crippen molar-refractivity contribution in [1.82, 2.24) is 0 Å². The molecule has 0 radical (unpaired) electrons. The normalized spacial score (nSPS) is 19.0. The fraction of sp³-hybridized carbons (Fsp3) is 0.579. The van der Waals surface area contributed by atoms with Gasteiger partial charge in [0, 0.05) is 0 Å². The maximum absolute atomic E-state index is 14.3. The highest BCUT2D eigenvalue weighted by atomic mass is 19.1. The van der Waals surface area contributed by atoms with Crippen LogP contribution in [0.2, 0.25) is 0 Å². The Bertz CT molecular complexity index is 513. The van der Waals surface area contributed by atoms with Crippen molar-refractivity contribution >= 4 is 0 Å². The van der Waals surface area contributed by atoms with E-state index in [1.54, 1.807) is 6.07 Å². The van der Waals surface area contributed by atoms with Crippen molar-refractivity contribution in [3.8, 4) is 5.75 Å². The monoisotopic (exact) mass is 288 g/mol. The fourth-order valence-corrected chi connectivity index (χ4v) is 2.79. The van der Waals surface area contributed by atoms with Crippen LogP contribution in [-0.2, 0) is 6.42 Å². The van der Waals surface area contributed by atoms with Gasteiger partial charge in [0.15, 0.2) is 11.6 Å². The quantitative estimate of drug-likeness (QED) is 0.626. The Morgan fingerprint density at radius 3 is 2.71 bits per heavy atom. The zero-order valence-electron chi connectivity index (χ0n) is 12.9. The second-order valence-electron chi connectivity index (χ2n) is 6.57. The minimum absolute atomic E-state index is 0.180. The maximum Gasteiger partial charge on any atom is 0.168 e. The Hall–Kier alpha value is -1.31. The molecule has 3 rings (SSSR count). The topological polar surface area (TPSA) is 9.23 Å². The van der Waals surface area contributed by atoms with Gasteiger partial charge in [-0.3, -0.25) is 0 Å². The van der Waals surface area contributed by atoms with Gasteiger partial charge in [0.1, 0.15) is 0 Å². The van der Waals surface area contributed by atoms with Gasteiger partial charge in [-0.1, -0.05) is 37.5 Å². The molecule has 1 aromatic rings. The third-order valence-corrected chi connectivity index (χ3v) is 4.84. The van der Waals surface area contributed by atoms with Gasteiger partial charge >= 0.3 is 0 Å². The average Bonchev–Trinajstić information content (AvgIpc) is 3.23. The van der Waals surface area contributed by atoms with Crippen LogP contribution in [0.25, 0.3) is 0 Å². The van der Waals surface area contributed by atoms with Gasteiger partial charge < -0.3 is 4.74 Å². The largest absolute Gasteiger partial charge is 0.490 e. The Morgan fingerprint density at radius 2 is 2.05 bits per heavy atom. The van der Waals surface area contributed by atoms with Gasteiger partial charge in [-0.15, -0.1) is 0 Å². The summed E-state index contributed by atoms with van der Waals surface area (Å²) in [7, 11) is 0. The zero-order valence-corrected chi connectivity index (χ0v) is 12.9. The zero-order chi connectivity index (χ0) is 14.7. The molecule has 0 amide bonds. The van der Waals surface area contributed by atoms with Crippen LogP contribution < -0.4 is 4.74 Å². The smallest absolute Gasteiger partial charge is 0.168 e. The number of hydrogen-bond donors (Lipinski definition) is 0. The first kappa shape index (κ1) is 14.6. The molecule has 0 spiro atoms. The average molecular weight is 288 g/mol. The molecule has 0 saturated heterocycles. The number of rotatable bonds is 7. The molecule has 1 nitrogen and oxygen atoms in total. The minimum atomic E-state index is -0.180. The van der Waals surface area contributed by atoms with Crippen molar-refractivity contribution in [2.24, 2.45) is 11.8 Å². The molecule has 2 aliphatic rings. The molecule has 0 atom stereocenters. The lowest BCUT2D eigenvalue weighted by Gasteiger charge is -2.21. The molecule has 2 aliphatic carbocycles. The van der Waals surface area contributed by atoms with E-state index >= 15 is 0 Å². The Kier molecular flexibility index (Phi) is 4.62. The van der Waals surface area contributed by atoms with E-state index in [9.17, 15) is 4.39 Å². The summed E-state index contributed by atoms with van der Waals surface area (Å²) < 4.78 is 19.9. The lowest BCUT2D eigenvalue weighted by atomic mass is 9.85. The van der Waals surface area contributed by atoms with E-state index in [0.29, 0.717) is 12.4 Å². The van der Waals surface area contributed by atoms with Gasteiger partial charge in [0.25, 0.3) is 0 Å². The Balaban J connectivity index is 1.56. The second-order valence-corrected chi connectivity index (χ2v) is 6.57. The summed E-state index contributed by atoms with van der Waals surface area (Å²) in [4.78, 5) is 0. The molecule has 0 N–H and O–H groups in total. The molecule has 2 saturated carbocycles. The van der Waals surface area contributed by atoms with E-state index in [1.165, 1.54) is 32.1 Å². The lowest BCUT2D eigenvalue weighted by Crippen LogP contribution is -2.07. The first-order valence-electron chi connectivity index (χ1n) is 8.31. The van der Waals surface area contributed by atoms with Crippen molar-refractivity contribution in [2.45, 2.75) is 51.9 Å². The van der Waals surface area contributed by atoms with E-state index < -0.39 is 0 Å². The van der Waals surface area contributed by atoms with Crippen molar-refractivity contribution in [3.63, 3.8) is 0 Å². The van der Waals surface area contributed by atoms with E-state index in [2.05, 4.69) is 12.2 Å². The molecule has 21 heavy (non-hydrogen) atoms. The first-order valence-corrected chi connectivity index (χ1v) is 8.31. The van der Waals surface area contributed by atoms with Gasteiger partial charge in [0.05, 0.1) is 6.61 Å². The summed E-state index contributed by atoms with van der Waals surface area (Å²) in [6.45, 7) is 2.50. The van der Waals surface area contributed by atoms with Gasteiger partial charge in [-0.25, -0.2) is 4.39 Å². The predicted octanol–water partition coefficient (Wildman–Crippen LogP) is 5.21. The van der Waals surface area contributed by atoms with E-state index in [4.69, 9.17) is 4.74 Å². The molecule has 0 heterocycles. The van der Waals surface area contributed by atoms with Crippen molar-refractivity contribution in [2.75, 3.05) is 6.61 Å². The summed E-state index contributed by atoms with van der Waals surface area (Å²) in [6, 6.07) is 3.80. The molecular weight excluding hydrogens is 263 g/mol. The maximum atomic E-state index is 14.3. The van der Waals surface area contributed by atoms with Crippen molar-refractivity contribution in [3.05, 3.63) is 41.2 Å². The highest BCUT2D eigenvalue weighted by Gasteiger charge is 2.21. The third-order valence-electron chi connectivity index (χ3n) is 4.84. The van der Waals surface area contributed by atoms with Gasteiger partial charge in [0.2, 0.25) is 0 Å². The van der Waals surface area contributed by atoms with Gasteiger partial charge in [-0.2, -0.15) is 0 Å². The lowest BCUT2D eigenvalue weighted by molar-refractivity contribution is 0.287. The van der Waals surface area contributed by atoms with E-state index in [0.717, 1.165) is 35.8 Å². The summed E-state index contributed by atoms with van der Waals surface area (Å²) in [6.07, 6.45) is 13.0. The highest BCUT2D eigenvalue weighted by molar-refractivity contribution is 5.37. The van der Waals surface area contributed by atoms with Crippen LogP contribution in [-0.4, -0.2) is 6.61 Å². The van der Waals surface area contributed by atoms with Crippen LogP contribution in [0.15, 0.2) is 24.3 Å². The first-order chi connectivity index (χ1) is 10.2. The van der Waals surface area contributed by atoms with Crippen molar-refractivity contribution < 1.29 is 9.13 Å². The van der Waals surface area contributed by atoms with Gasteiger partial charge in [-0.05, 0) is 61.6 Å². The highest BCUT2D eigenvalue weighted by Crippen LogP contribution is 2.33. The van der Waals surface area contributed by atoms with Crippen LogP contribution in [0, 0.1) is 24.6 Å². The predicted molar refractivity (Wildman–Crippen MR) is 84.2 cm³/mol. The molecule has 114 valence electrons. The number of hydrogen-bond acceptors (Lipinski definition) is 1. The molecule has 2 heteroatoms. The van der Waals surface area contributed by atoms with E-state index in [-0.39, 0.29) is 5.82 Å². The summed E-state index contributed by atoms with van der Waals surface area (Å²) >= 11 is 0. The van der Waals surface area contributed by atoms with Crippen molar-refractivity contribution in [1.29, 1.82) is 0 Å². The number of ether oxygens (including phenoxy) is 1. The van der Waals surface area contributed by atoms with Crippen LogP contribution in [0.4, 0.5) is 4.39 Å². The molecular formula is C19H25FO. The fourth-order valence-electron chi connectivity index (χ4n) is 2.79. The van der Waals surface area contributed by atoms with Crippen LogP contribution in [0.3, 0.4) is 0 Å². The third kappa shape index (κ3) is 3.87. The molecule has 0 unspecified atom stereocenters.